The van der Waals surface area contributed by atoms with Gasteiger partial charge in [-0.3, -0.25) is 18.7 Å². The molecule has 2 aromatic heterocycles. The number of fused-ring (bicyclic) bond motifs is 4. The van der Waals surface area contributed by atoms with Gasteiger partial charge in [0.15, 0.2) is 5.16 Å². The monoisotopic (exact) mass is 489 g/mol. The molecule has 0 aliphatic carbocycles. The lowest BCUT2D eigenvalue weighted by Crippen LogP contribution is -2.27. The van der Waals surface area contributed by atoms with Crippen LogP contribution in [0.5, 0.6) is 0 Å². The highest BCUT2D eigenvalue weighted by Crippen LogP contribution is 2.33. The van der Waals surface area contributed by atoms with E-state index in [1.165, 1.54) is 11.8 Å². The van der Waals surface area contributed by atoms with E-state index < -0.39 is 5.25 Å². The summed E-state index contributed by atoms with van der Waals surface area (Å²) in [7, 11) is 0. The smallest absolute Gasteiger partial charge is 0.266 e. The summed E-state index contributed by atoms with van der Waals surface area (Å²) in [6.45, 7) is 2.00. The average molecular weight is 490 g/mol. The predicted octanol–water partition coefficient (Wildman–Crippen LogP) is 6.70. The summed E-state index contributed by atoms with van der Waals surface area (Å²) >= 11 is 1.34. The highest BCUT2D eigenvalue weighted by atomic mass is 32.2. The molecule has 0 amide bonds. The van der Waals surface area contributed by atoms with E-state index >= 15 is 0 Å². The molecule has 0 aliphatic rings. The summed E-state index contributed by atoms with van der Waals surface area (Å²) in [5.74, 6) is -0.0260. The number of hydrogen-bond donors (Lipinski definition) is 0. The molecule has 0 fully saturated rings. The minimum Gasteiger partial charge on any atom is -0.279 e. The van der Waals surface area contributed by atoms with E-state index in [9.17, 15) is 9.59 Å². The quantitative estimate of drug-likeness (QED) is 0.200. The van der Waals surface area contributed by atoms with Crippen molar-refractivity contribution in [3.8, 4) is 5.69 Å². The van der Waals surface area contributed by atoms with Gasteiger partial charge in [-0.15, -0.1) is 0 Å². The molecule has 0 saturated heterocycles. The fourth-order valence-corrected chi connectivity index (χ4v) is 5.81. The Bertz CT molecular complexity index is 1750. The Hall–Kier alpha value is -4.16. The molecule has 36 heavy (non-hydrogen) atoms. The van der Waals surface area contributed by atoms with Crippen LogP contribution in [0.2, 0.25) is 0 Å². The number of thioether (sulfide) groups is 1. The summed E-state index contributed by atoms with van der Waals surface area (Å²) in [4.78, 5) is 32.5. The van der Waals surface area contributed by atoms with Crippen LogP contribution in [0.25, 0.3) is 38.4 Å². The molecule has 6 rings (SSSR count). The molecule has 0 spiro atoms. The summed E-state index contributed by atoms with van der Waals surface area (Å²) in [6, 6.07) is 32.8. The Morgan fingerprint density at radius 3 is 1.97 bits per heavy atom. The van der Waals surface area contributed by atoms with Gasteiger partial charge < -0.3 is 0 Å². The van der Waals surface area contributed by atoms with Crippen molar-refractivity contribution in [2.45, 2.75) is 23.8 Å². The van der Waals surface area contributed by atoms with Gasteiger partial charge in [0.2, 0.25) is 5.91 Å². The maximum Gasteiger partial charge on any atom is 0.266 e. The minimum absolute atomic E-state index is 0.0260. The normalized spacial score (nSPS) is 12.4. The number of carbonyl (C=O) groups excluding carboxylic acids is 1. The largest absolute Gasteiger partial charge is 0.279 e. The molecule has 5 nitrogen and oxygen atoms in total. The van der Waals surface area contributed by atoms with Gasteiger partial charge in [-0.1, -0.05) is 85.4 Å². The van der Waals surface area contributed by atoms with Crippen LogP contribution in [0.3, 0.4) is 0 Å². The van der Waals surface area contributed by atoms with Gasteiger partial charge in [-0.25, -0.2) is 4.98 Å². The van der Waals surface area contributed by atoms with Crippen molar-refractivity contribution >= 4 is 50.4 Å². The third-order valence-electron chi connectivity index (χ3n) is 6.45. The lowest BCUT2D eigenvalue weighted by atomic mass is 10.2. The molecule has 6 aromatic rings. The zero-order valence-corrected chi connectivity index (χ0v) is 20.5. The molecule has 0 aliphatic heterocycles. The molecular formula is C30H23N3O2S. The standard InChI is InChI=1S/C30H23N3O2S/c1-2-27(29(35)33-25-18-10-7-14-21(25)22-15-8-11-19-26(22)33)36-30-31-24-17-9-6-16-23(24)28(34)32(30)20-12-4-3-5-13-20/h3-19,27H,2H2,1H3. The second-order valence-corrected chi connectivity index (χ2v) is 9.78. The highest BCUT2D eigenvalue weighted by molar-refractivity contribution is 8.00. The summed E-state index contributed by atoms with van der Waals surface area (Å²) in [5, 5.41) is 2.71. The third-order valence-corrected chi connectivity index (χ3v) is 7.76. The van der Waals surface area contributed by atoms with Crippen molar-refractivity contribution in [1.82, 2.24) is 14.1 Å². The Morgan fingerprint density at radius 1 is 0.778 bits per heavy atom. The number of nitrogens with zero attached hydrogens (tertiary/aromatic N) is 3. The summed E-state index contributed by atoms with van der Waals surface area (Å²) < 4.78 is 3.44. The van der Waals surface area contributed by atoms with Crippen LogP contribution in [0, 0.1) is 0 Å². The van der Waals surface area contributed by atoms with Crippen molar-refractivity contribution in [1.29, 1.82) is 0 Å². The van der Waals surface area contributed by atoms with E-state index in [2.05, 4.69) is 0 Å². The Morgan fingerprint density at radius 2 is 1.33 bits per heavy atom. The molecule has 1 atom stereocenters. The topological polar surface area (TPSA) is 56.9 Å². The van der Waals surface area contributed by atoms with Gasteiger partial charge in [0, 0.05) is 10.8 Å². The second kappa shape index (κ2) is 9.13. The minimum atomic E-state index is -0.438. The number of hydrogen-bond acceptors (Lipinski definition) is 4. The van der Waals surface area contributed by atoms with Crippen LogP contribution in [-0.4, -0.2) is 25.3 Å². The van der Waals surface area contributed by atoms with E-state index in [0.29, 0.717) is 22.5 Å². The summed E-state index contributed by atoms with van der Waals surface area (Å²) in [6.07, 6.45) is 0.585. The number of aromatic nitrogens is 3. The van der Waals surface area contributed by atoms with Crippen LogP contribution < -0.4 is 5.56 Å². The van der Waals surface area contributed by atoms with Gasteiger partial charge >= 0.3 is 0 Å². The molecule has 4 aromatic carbocycles. The molecule has 2 heterocycles. The molecule has 0 N–H and O–H groups in total. The van der Waals surface area contributed by atoms with Crippen molar-refractivity contribution in [3.63, 3.8) is 0 Å². The average Bonchev–Trinajstić information content (AvgIpc) is 3.26. The van der Waals surface area contributed by atoms with Crippen molar-refractivity contribution in [3.05, 3.63) is 113 Å². The zero-order chi connectivity index (χ0) is 24.6. The lowest BCUT2D eigenvalue weighted by molar-refractivity contribution is 0.0919. The first-order valence-corrected chi connectivity index (χ1v) is 12.8. The second-order valence-electron chi connectivity index (χ2n) is 8.61. The fourth-order valence-electron chi connectivity index (χ4n) is 4.74. The lowest BCUT2D eigenvalue weighted by Gasteiger charge is -2.18. The molecule has 0 bridgehead atoms. The van der Waals surface area contributed by atoms with Crippen LogP contribution in [-0.2, 0) is 0 Å². The highest BCUT2D eigenvalue weighted by Gasteiger charge is 2.26. The van der Waals surface area contributed by atoms with Crippen molar-refractivity contribution in [2.24, 2.45) is 0 Å². The first-order valence-electron chi connectivity index (χ1n) is 11.9. The third kappa shape index (κ3) is 3.62. The number of benzene rings is 4. The van der Waals surface area contributed by atoms with Gasteiger partial charge in [-0.05, 0) is 42.8 Å². The molecule has 0 radical (unpaired) electrons. The number of rotatable bonds is 5. The molecule has 1 unspecified atom stereocenters. The summed E-state index contributed by atoms with van der Waals surface area (Å²) in [5.41, 5.74) is 2.97. The van der Waals surface area contributed by atoms with Gasteiger partial charge in [-0.2, -0.15) is 0 Å². The van der Waals surface area contributed by atoms with Crippen LogP contribution in [0.4, 0.5) is 0 Å². The van der Waals surface area contributed by atoms with Crippen molar-refractivity contribution in [2.75, 3.05) is 0 Å². The van der Waals surface area contributed by atoms with E-state index in [4.69, 9.17) is 4.98 Å². The Labute approximate surface area is 212 Å². The van der Waals surface area contributed by atoms with Crippen LogP contribution in [0.15, 0.2) is 113 Å². The van der Waals surface area contributed by atoms with Crippen LogP contribution >= 0.6 is 11.8 Å². The molecular weight excluding hydrogens is 466 g/mol. The molecule has 6 heteroatoms. The Kier molecular flexibility index (Phi) is 5.66. The van der Waals surface area contributed by atoms with Gasteiger partial charge in [0.1, 0.15) is 0 Å². The maximum atomic E-state index is 14.1. The number of carbonyl (C=O) groups is 1. The SMILES string of the molecule is CCC(Sc1nc2ccccc2c(=O)n1-c1ccccc1)C(=O)n1c2ccccc2c2ccccc21. The van der Waals surface area contributed by atoms with E-state index in [-0.39, 0.29) is 11.5 Å². The maximum absolute atomic E-state index is 14.1. The van der Waals surface area contributed by atoms with Crippen LogP contribution in [0.1, 0.15) is 18.1 Å². The number of para-hydroxylation sites is 4. The van der Waals surface area contributed by atoms with Gasteiger partial charge in [0.05, 0.1) is 32.9 Å². The first-order chi connectivity index (χ1) is 17.7. The fraction of sp³-hybridized carbons (Fsp3) is 0.100. The van der Waals surface area contributed by atoms with E-state index in [1.54, 1.807) is 10.6 Å². The van der Waals surface area contributed by atoms with Gasteiger partial charge in [0.25, 0.3) is 5.56 Å². The van der Waals surface area contributed by atoms with Crippen molar-refractivity contribution < 1.29 is 4.79 Å². The molecule has 0 saturated carbocycles. The van der Waals surface area contributed by atoms with E-state index in [1.807, 2.05) is 109 Å². The van der Waals surface area contributed by atoms with E-state index in [0.717, 1.165) is 27.5 Å². The zero-order valence-electron chi connectivity index (χ0n) is 19.7. The first kappa shape index (κ1) is 22.3. The molecule has 176 valence electrons. The predicted molar refractivity (Wildman–Crippen MR) is 147 cm³/mol. The Balaban J connectivity index is 1.51.